The Kier molecular flexibility index (Phi) is 9.71. The molecule has 0 saturated carbocycles. The molecule has 148 valence electrons. The normalized spacial score (nSPS) is 16.2. The first-order chi connectivity index (χ1) is 11.9. The van der Waals surface area contributed by atoms with Gasteiger partial charge in [0.05, 0.1) is 5.60 Å². The molecular formula is C20H35IN4O. The smallest absolute Gasteiger partial charge is 0.191 e. The van der Waals surface area contributed by atoms with Crippen molar-refractivity contribution in [1.82, 2.24) is 10.6 Å². The van der Waals surface area contributed by atoms with E-state index >= 15 is 0 Å². The van der Waals surface area contributed by atoms with E-state index in [1.165, 1.54) is 37.2 Å². The lowest BCUT2D eigenvalue weighted by Gasteiger charge is -2.32. The van der Waals surface area contributed by atoms with Crippen molar-refractivity contribution in [3.63, 3.8) is 0 Å². The molecular weight excluding hydrogens is 439 g/mol. The van der Waals surface area contributed by atoms with Gasteiger partial charge < -0.3 is 20.3 Å². The van der Waals surface area contributed by atoms with Crippen LogP contribution in [-0.4, -0.2) is 45.4 Å². The summed E-state index contributed by atoms with van der Waals surface area (Å²) in [6, 6.07) is 8.87. The number of anilines is 1. The van der Waals surface area contributed by atoms with E-state index in [1.54, 1.807) is 14.2 Å². The Morgan fingerprint density at radius 1 is 1.19 bits per heavy atom. The molecule has 0 amide bonds. The Hall–Kier alpha value is -1.02. The fraction of sp³-hybridized carbons (Fsp3) is 0.650. The van der Waals surface area contributed by atoms with Crippen LogP contribution in [0.4, 0.5) is 5.69 Å². The fourth-order valence-electron chi connectivity index (χ4n) is 2.87. The molecule has 2 N–H and O–H groups in total. The molecule has 6 heteroatoms. The zero-order chi connectivity index (χ0) is 18.3. The number of halogens is 1. The monoisotopic (exact) mass is 474 g/mol. The van der Waals surface area contributed by atoms with Crippen LogP contribution in [0.25, 0.3) is 0 Å². The molecule has 2 rings (SSSR count). The van der Waals surface area contributed by atoms with E-state index in [0.29, 0.717) is 6.54 Å². The number of aliphatic imine (C=N–C) groups is 1. The molecule has 1 fully saturated rings. The number of hydrogen-bond donors (Lipinski definition) is 2. The lowest BCUT2D eigenvalue weighted by atomic mass is 9.99. The van der Waals surface area contributed by atoms with Crippen molar-refractivity contribution in [3.05, 3.63) is 29.8 Å². The number of ether oxygens (including phenoxy) is 1. The van der Waals surface area contributed by atoms with Gasteiger partial charge in [0, 0.05) is 46.0 Å². The Morgan fingerprint density at radius 2 is 1.81 bits per heavy atom. The van der Waals surface area contributed by atoms with Crippen molar-refractivity contribution in [2.45, 2.75) is 45.8 Å². The Morgan fingerprint density at radius 3 is 2.35 bits per heavy atom. The summed E-state index contributed by atoms with van der Waals surface area (Å²) in [6.07, 6.45) is 2.59. The van der Waals surface area contributed by atoms with Gasteiger partial charge in [0.2, 0.25) is 0 Å². The van der Waals surface area contributed by atoms with Crippen molar-refractivity contribution in [2.24, 2.45) is 10.9 Å². The molecule has 1 aromatic carbocycles. The van der Waals surface area contributed by atoms with Crippen LogP contribution in [-0.2, 0) is 11.3 Å². The standard InChI is InChI=1S/C20H34N4O.HI/c1-16-10-12-24(13-11-16)18-8-6-17(7-9-18)14-22-19(21-4)23-15-20(2,3)25-5;/h6-9,16H,10-15H2,1-5H3,(H2,21,22,23);1H. The van der Waals surface area contributed by atoms with E-state index in [1.807, 2.05) is 13.8 Å². The van der Waals surface area contributed by atoms with Crippen LogP contribution in [0.3, 0.4) is 0 Å². The van der Waals surface area contributed by atoms with Crippen LogP contribution in [0.2, 0.25) is 0 Å². The molecule has 0 radical (unpaired) electrons. The number of guanidine groups is 1. The van der Waals surface area contributed by atoms with Crippen LogP contribution >= 0.6 is 24.0 Å². The molecule has 1 aromatic rings. The van der Waals surface area contributed by atoms with Gasteiger partial charge in [-0.3, -0.25) is 4.99 Å². The second kappa shape index (κ2) is 11.0. The summed E-state index contributed by atoms with van der Waals surface area (Å²) < 4.78 is 5.42. The summed E-state index contributed by atoms with van der Waals surface area (Å²) in [4.78, 5) is 6.76. The maximum Gasteiger partial charge on any atom is 0.191 e. The SMILES string of the molecule is CN=C(NCc1ccc(N2CCC(C)CC2)cc1)NCC(C)(C)OC.I. The van der Waals surface area contributed by atoms with E-state index in [9.17, 15) is 0 Å². The van der Waals surface area contributed by atoms with Gasteiger partial charge in [-0.2, -0.15) is 0 Å². The average Bonchev–Trinajstić information content (AvgIpc) is 2.63. The third-order valence-electron chi connectivity index (χ3n) is 5.00. The van der Waals surface area contributed by atoms with Crippen LogP contribution < -0.4 is 15.5 Å². The lowest BCUT2D eigenvalue weighted by molar-refractivity contribution is 0.0268. The highest BCUT2D eigenvalue weighted by molar-refractivity contribution is 14.0. The molecule has 1 saturated heterocycles. The predicted molar refractivity (Wildman–Crippen MR) is 122 cm³/mol. The maximum absolute atomic E-state index is 5.42. The van der Waals surface area contributed by atoms with Gasteiger partial charge in [-0.05, 0) is 50.3 Å². The van der Waals surface area contributed by atoms with Gasteiger partial charge in [0.1, 0.15) is 0 Å². The molecule has 0 aromatic heterocycles. The molecule has 26 heavy (non-hydrogen) atoms. The second-order valence-electron chi connectivity index (χ2n) is 7.58. The summed E-state index contributed by atoms with van der Waals surface area (Å²) in [7, 11) is 3.51. The van der Waals surface area contributed by atoms with Gasteiger partial charge in [0.15, 0.2) is 5.96 Å². The van der Waals surface area contributed by atoms with Crippen molar-refractivity contribution in [1.29, 1.82) is 0 Å². The lowest BCUT2D eigenvalue weighted by Crippen LogP contribution is -2.45. The quantitative estimate of drug-likeness (QED) is 0.376. The van der Waals surface area contributed by atoms with Crippen LogP contribution in [0.5, 0.6) is 0 Å². The highest BCUT2D eigenvalue weighted by Crippen LogP contribution is 2.23. The minimum atomic E-state index is -0.217. The zero-order valence-electron chi connectivity index (χ0n) is 16.8. The first kappa shape index (κ1) is 23.0. The number of methoxy groups -OCH3 is 1. The zero-order valence-corrected chi connectivity index (χ0v) is 19.2. The number of rotatable bonds is 6. The third-order valence-corrected chi connectivity index (χ3v) is 5.00. The van der Waals surface area contributed by atoms with E-state index in [-0.39, 0.29) is 29.6 Å². The fourth-order valence-corrected chi connectivity index (χ4v) is 2.87. The molecule has 1 aliphatic rings. The molecule has 0 bridgehead atoms. The van der Waals surface area contributed by atoms with Crippen molar-refractivity contribution in [2.75, 3.05) is 38.7 Å². The molecule has 0 spiro atoms. The van der Waals surface area contributed by atoms with E-state index in [4.69, 9.17) is 4.74 Å². The number of piperidine rings is 1. The molecule has 5 nitrogen and oxygen atoms in total. The second-order valence-corrected chi connectivity index (χ2v) is 7.58. The minimum absolute atomic E-state index is 0. The first-order valence-corrected chi connectivity index (χ1v) is 9.27. The number of nitrogens with one attached hydrogen (secondary N) is 2. The summed E-state index contributed by atoms with van der Waals surface area (Å²) in [5, 5.41) is 6.66. The van der Waals surface area contributed by atoms with Crippen LogP contribution in [0.1, 0.15) is 39.2 Å². The summed E-state index contributed by atoms with van der Waals surface area (Å²) in [6.45, 7) is 10.2. The van der Waals surface area contributed by atoms with E-state index in [2.05, 4.69) is 51.7 Å². The Labute approximate surface area is 176 Å². The van der Waals surface area contributed by atoms with Crippen molar-refractivity contribution >= 4 is 35.6 Å². The highest BCUT2D eigenvalue weighted by Gasteiger charge is 2.17. The van der Waals surface area contributed by atoms with Crippen LogP contribution in [0, 0.1) is 5.92 Å². The highest BCUT2D eigenvalue weighted by atomic mass is 127. The summed E-state index contributed by atoms with van der Waals surface area (Å²) in [5.41, 5.74) is 2.37. The average molecular weight is 474 g/mol. The van der Waals surface area contributed by atoms with Gasteiger partial charge in [-0.15, -0.1) is 24.0 Å². The number of nitrogens with zero attached hydrogens (tertiary/aromatic N) is 2. The molecule has 1 heterocycles. The minimum Gasteiger partial charge on any atom is -0.377 e. The molecule has 0 unspecified atom stereocenters. The summed E-state index contributed by atoms with van der Waals surface area (Å²) >= 11 is 0. The van der Waals surface area contributed by atoms with Crippen molar-refractivity contribution in [3.8, 4) is 0 Å². The Bertz CT molecular complexity index is 551. The number of hydrogen-bond acceptors (Lipinski definition) is 3. The molecule has 0 aliphatic carbocycles. The predicted octanol–water partition coefficient (Wildman–Crippen LogP) is 3.63. The van der Waals surface area contributed by atoms with Crippen molar-refractivity contribution < 1.29 is 4.74 Å². The molecule has 0 atom stereocenters. The number of benzene rings is 1. The largest absolute Gasteiger partial charge is 0.377 e. The van der Waals surface area contributed by atoms with Gasteiger partial charge in [-0.1, -0.05) is 19.1 Å². The Balaban J connectivity index is 0.00000338. The summed E-state index contributed by atoms with van der Waals surface area (Å²) in [5.74, 6) is 1.65. The maximum atomic E-state index is 5.42. The van der Waals surface area contributed by atoms with Gasteiger partial charge in [-0.25, -0.2) is 0 Å². The van der Waals surface area contributed by atoms with E-state index < -0.39 is 0 Å². The topological polar surface area (TPSA) is 48.9 Å². The van der Waals surface area contributed by atoms with Crippen LogP contribution in [0.15, 0.2) is 29.3 Å². The first-order valence-electron chi connectivity index (χ1n) is 9.27. The van der Waals surface area contributed by atoms with Gasteiger partial charge in [0.25, 0.3) is 0 Å². The van der Waals surface area contributed by atoms with E-state index in [0.717, 1.165) is 18.4 Å². The molecule has 1 aliphatic heterocycles. The third kappa shape index (κ3) is 7.31. The van der Waals surface area contributed by atoms with Gasteiger partial charge >= 0.3 is 0 Å².